The van der Waals surface area contributed by atoms with Crippen LogP contribution in [0.2, 0.25) is 0 Å². The van der Waals surface area contributed by atoms with Gasteiger partial charge >= 0.3 is 17.9 Å². The molecule has 0 heterocycles. The van der Waals surface area contributed by atoms with Gasteiger partial charge in [-0.2, -0.15) is 0 Å². The molecule has 0 saturated heterocycles. The Labute approximate surface area is 371 Å². The van der Waals surface area contributed by atoms with E-state index in [1.165, 1.54) is 148 Å². The molecule has 0 amide bonds. The lowest BCUT2D eigenvalue weighted by molar-refractivity contribution is -0.166. The molecule has 60 heavy (non-hydrogen) atoms. The molecular formula is C54H96O6. The Morgan fingerprint density at radius 1 is 0.350 bits per heavy atom. The van der Waals surface area contributed by atoms with E-state index in [-0.39, 0.29) is 37.5 Å². The Morgan fingerprint density at radius 3 is 0.983 bits per heavy atom. The summed E-state index contributed by atoms with van der Waals surface area (Å²) in [4.78, 5) is 37.7. The highest BCUT2D eigenvalue weighted by Crippen LogP contribution is 2.16. The minimum absolute atomic E-state index is 0.0986. The van der Waals surface area contributed by atoms with Crippen molar-refractivity contribution in [1.82, 2.24) is 0 Å². The Kier molecular flexibility index (Phi) is 46.9. The lowest BCUT2D eigenvalue weighted by Gasteiger charge is -2.18. The van der Waals surface area contributed by atoms with Gasteiger partial charge in [-0.05, 0) is 44.9 Å². The quantitative estimate of drug-likeness (QED) is 0.0263. The van der Waals surface area contributed by atoms with Crippen molar-refractivity contribution in [2.75, 3.05) is 13.2 Å². The fraction of sp³-hybridized carbons (Fsp3) is 0.796. The van der Waals surface area contributed by atoms with Crippen LogP contribution in [0.5, 0.6) is 0 Å². The van der Waals surface area contributed by atoms with Crippen LogP contribution >= 0.6 is 0 Å². The first-order valence-corrected chi connectivity index (χ1v) is 25.6. The molecule has 0 saturated carbocycles. The van der Waals surface area contributed by atoms with Gasteiger partial charge in [0.25, 0.3) is 0 Å². The zero-order valence-corrected chi connectivity index (χ0v) is 39.7. The van der Waals surface area contributed by atoms with E-state index in [2.05, 4.69) is 57.2 Å². The molecular weight excluding hydrogens is 745 g/mol. The third-order valence-electron chi connectivity index (χ3n) is 11.1. The first-order chi connectivity index (χ1) is 29.5. The van der Waals surface area contributed by atoms with Crippen LogP contribution in [-0.4, -0.2) is 37.2 Å². The average molecular weight is 841 g/mol. The molecule has 6 nitrogen and oxygen atoms in total. The second-order valence-corrected chi connectivity index (χ2v) is 17.1. The summed E-state index contributed by atoms with van der Waals surface area (Å²) in [7, 11) is 0. The van der Waals surface area contributed by atoms with Crippen LogP contribution in [0.1, 0.15) is 258 Å². The van der Waals surface area contributed by atoms with E-state index < -0.39 is 6.10 Å². The van der Waals surface area contributed by atoms with E-state index >= 15 is 0 Å². The molecule has 0 aliphatic rings. The number of rotatable bonds is 46. The highest BCUT2D eigenvalue weighted by molar-refractivity contribution is 5.71. The van der Waals surface area contributed by atoms with Gasteiger partial charge in [0.1, 0.15) is 13.2 Å². The first kappa shape index (κ1) is 57.4. The first-order valence-electron chi connectivity index (χ1n) is 25.6. The zero-order valence-electron chi connectivity index (χ0n) is 39.7. The van der Waals surface area contributed by atoms with E-state index in [4.69, 9.17) is 14.2 Å². The second kappa shape index (κ2) is 49.0. The van der Waals surface area contributed by atoms with Crippen LogP contribution in [0.4, 0.5) is 0 Å². The highest BCUT2D eigenvalue weighted by Gasteiger charge is 2.19. The number of allylic oxidation sites excluding steroid dienone is 8. The molecule has 0 bridgehead atoms. The third kappa shape index (κ3) is 46.4. The molecule has 0 spiro atoms. The summed E-state index contributed by atoms with van der Waals surface area (Å²) >= 11 is 0. The molecule has 1 atom stereocenters. The van der Waals surface area contributed by atoms with Crippen LogP contribution in [0.15, 0.2) is 48.6 Å². The Morgan fingerprint density at radius 2 is 0.650 bits per heavy atom. The van der Waals surface area contributed by atoms with Crippen LogP contribution in [0.3, 0.4) is 0 Å². The third-order valence-corrected chi connectivity index (χ3v) is 11.1. The maximum atomic E-state index is 12.7. The van der Waals surface area contributed by atoms with Crippen molar-refractivity contribution < 1.29 is 28.6 Å². The molecule has 6 heteroatoms. The summed E-state index contributed by atoms with van der Waals surface area (Å²) in [5.41, 5.74) is 0. The summed E-state index contributed by atoms with van der Waals surface area (Å²) in [6, 6.07) is 0. The maximum Gasteiger partial charge on any atom is 0.306 e. The number of ether oxygens (including phenoxy) is 3. The van der Waals surface area contributed by atoms with Gasteiger partial charge in [0, 0.05) is 19.3 Å². The van der Waals surface area contributed by atoms with Gasteiger partial charge in [-0.25, -0.2) is 0 Å². The number of carbonyl (C=O) groups is 3. The Hall–Kier alpha value is -2.63. The van der Waals surface area contributed by atoms with Crippen molar-refractivity contribution in [3.63, 3.8) is 0 Å². The molecule has 0 fully saturated rings. The molecule has 1 unspecified atom stereocenters. The number of esters is 3. The Balaban J connectivity index is 4.20. The molecule has 0 aromatic heterocycles. The average Bonchev–Trinajstić information content (AvgIpc) is 3.24. The topological polar surface area (TPSA) is 78.9 Å². The van der Waals surface area contributed by atoms with Crippen molar-refractivity contribution in [2.45, 2.75) is 264 Å². The van der Waals surface area contributed by atoms with E-state index in [9.17, 15) is 14.4 Å². The molecule has 0 aliphatic heterocycles. The smallest absolute Gasteiger partial charge is 0.306 e. The maximum absolute atomic E-state index is 12.7. The van der Waals surface area contributed by atoms with Crippen LogP contribution in [0, 0.1) is 0 Å². The number of carbonyl (C=O) groups excluding carboxylic acids is 3. The van der Waals surface area contributed by atoms with Gasteiger partial charge in [0.2, 0.25) is 0 Å². The summed E-state index contributed by atoms with van der Waals surface area (Å²) < 4.78 is 16.6. The van der Waals surface area contributed by atoms with Crippen molar-refractivity contribution in [3.05, 3.63) is 48.6 Å². The lowest BCUT2D eigenvalue weighted by Crippen LogP contribution is -2.30. The van der Waals surface area contributed by atoms with Gasteiger partial charge in [0.05, 0.1) is 0 Å². The number of hydrogen-bond donors (Lipinski definition) is 0. The summed E-state index contributed by atoms with van der Waals surface area (Å²) in [5, 5.41) is 0. The fourth-order valence-electron chi connectivity index (χ4n) is 7.28. The largest absolute Gasteiger partial charge is 0.462 e. The highest BCUT2D eigenvalue weighted by atomic mass is 16.6. The summed E-state index contributed by atoms with van der Waals surface area (Å²) in [5.74, 6) is -0.981. The fourth-order valence-corrected chi connectivity index (χ4v) is 7.28. The van der Waals surface area contributed by atoms with Crippen molar-refractivity contribution in [3.8, 4) is 0 Å². The van der Waals surface area contributed by atoms with Gasteiger partial charge in [-0.3, -0.25) is 14.4 Å². The monoisotopic (exact) mass is 841 g/mol. The predicted octanol–water partition coefficient (Wildman–Crippen LogP) is 16.7. The van der Waals surface area contributed by atoms with E-state index in [1.54, 1.807) is 0 Å². The van der Waals surface area contributed by atoms with Gasteiger partial charge in [-0.15, -0.1) is 0 Å². The molecule has 0 rings (SSSR count). The predicted molar refractivity (Wildman–Crippen MR) is 256 cm³/mol. The van der Waals surface area contributed by atoms with Gasteiger partial charge in [0.15, 0.2) is 6.10 Å². The van der Waals surface area contributed by atoms with Gasteiger partial charge in [-0.1, -0.05) is 243 Å². The molecule has 348 valence electrons. The minimum Gasteiger partial charge on any atom is -0.462 e. The van der Waals surface area contributed by atoms with Crippen LogP contribution in [-0.2, 0) is 28.6 Å². The molecule has 0 aliphatic carbocycles. The molecule has 0 aromatic carbocycles. The van der Waals surface area contributed by atoms with Crippen LogP contribution in [0.25, 0.3) is 0 Å². The van der Waals surface area contributed by atoms with Crippen LogP contribution < -0.4 is 0 Å². The second-order valence-electron chi connectivity index (χ2n) is 17.1. The van der Waals surface area contributed by atoms with E-state index in [1.807, 2.05) is 12.2 Å². The molecule has 0 radical (unpaired) electrons. The van der Waals surface area contributed by atoms with Gasteiger partial charge < -0.3 is 14.2 Å². The van der Waals surface area contributed by atoms with Crippen molar-refractivity contribution >= 4 is 17.9 Å². The molecule has 0 N–H and O–H groups in total. The summed E-state index contributed by atoms with van der Waals surface area (Å²) in [6.07, 6.45) is 58.6. The number of hydrogen-bond acceptors (Lipinski definition) is 6. The molecule has 0 aromatic rings. The summed E-state index contributed by atoms with van der Waals surface area (Å²) in [6.45, 7) is 6.43. The SMILES string of the molecule is CC/C=C\C/C=C\C/C=C\C/C=C\CCC(=O)OC(COC(=O)CCCCCCCCC)COC(=O)CCCCCCCCCCCCCCCCCCCCCCCC. The normalized spacial score (nSPS) is 12.4. The minimum atomic E-state index is -0.804. The van der Waals surface area contributed by atoms with E-state index in [0.717, 1.165) is 64.2 Å². The van der Waals surface area contributed by atoms with Crippen molar-refractivity contribution in [2.24, 2.45) is 0 Å². The standard InChI is InChI=1S/C54H96O6/c1-4-7-10-13-16-18-20-22-23-24-25-26-27-28-29-30-32-33-35-38-41-44-47-53(56)59-50-51(49-58-52(55)46-43-40-37-15-12-9-6-3)60-54(57)48-45-42-39-36-34-31-21-19-17-14-11-8-5-2/h8,11,17,19,31,34,39,42,51H,4-7,9-10,12-16,18,20-30,32-33,35-38,40-41,43-50H2,1-3H3/b11-8-,19-17-,34-31-,42-39-. The Bertz CT molecular complexity index is 1060. The zero-order chi connectivity index (χ0) is 43.7. The number of unbranched alkanes of at least 4 members (excludes halogenated alkanes) is 27. The lowest BCUT2D eigenvalue weighted by atomic mass is 10.0. The van der Waals surface area contributed by atoms with E-state index in [0.29, 0.717) is 19.3 Å². The van der Waals surface area contributed by atoms with Crippen molar-refractivity contribution in [1.29, 1.82) is 0 Å².